The van der Waals surface area contributed by atoms with E-state index in [1.54, 1.807) is 18.9 Å². The van der Waals surface area contributed by atoms with Crippen molar-refractivity contribution < 1.29 is 9.47 Å². The highest BCUT2D eigenvalue weighted by Crippen LogP contribution is 2.38. The molecule has 1 aromatic heterocycles. The van der Waals surface area contributed by atoms with Crippen LogP contribution >= 0.6 is 0 Å². The number of methoxy groups -OCH3 is 2. The van der Waals surface area contributed by atoms with Crippen molar-refractivity contribution in [3.8, 4) is 22.8 Å². The summed E-state index contributed by atoms with van der Waals surface area (Å²) in [5.74, 6) is 2.15. The highest BCUT2D eigenvalue weighted by atomic mass is 16.5. The number of aromatic nitrogens is 2. The van der Waals surface area contributed by atoms with Crippen molar-refractivity contribution in [3.05, 3.63) is 36.4 Å². The van der Waals surface area contributed by atoms with Crippen molar-refractivity contribution in [2.24, 2.45) is 7.05 Å². The fourth-order valence-corrected chi connectivity index (χ4v) is 2.44. The molecule has 0 unspecified atom stereocenters. The summed E-state index contributed by atoms with van der Waals surface area (Å²) in [7, 11) is 5.12. The zero-order valence-electron chi connectivity index (χ0n) is 12.3. The van der Waals surface area contributed by atoms with Crippen LogP contribution in [0.25, 0.3) is 22.0 Å². The van der Waals surface area contributed by atoms with Gasteiger partial charge in [-0.05, 0) is 29.0 Å². The first-order valence-electron chi connectivity index (χ1n) is 6.58. The minimum absolute atomic E-state index is 0.604. The summed E-state index contributed by atoms with van der Waals surface area (Å²) in [6.07, 6.45) is 0. The monoisotopic (exact) mass is 283 g/mol. The Kier molecular flexibility index (Phi) is 3.17. The Balaban J connectivity index is 2.36. The summed E-state index contributed by atoms with van der Waals surface area (Å²) in [6, 6.07) is 11.7. The molecule has 0 spiro atoms. The largest absolute Gasteiger partial charge is 0.497 e. The number of benzene rings is 2. The van der Waals surface area contributed by atoms with E-state index < -0.39 is 0 Å². The maximum atomic E-state index is 5.90. The molecule has 0 saturated carbocycles. The molecule has 2 N–H and O–H groups in total. The second-order valence-corrected chi connectivity index (χ2v) is 4.81. The molecule has 3 aromatic rings. The Morgan fingerprint density at radius 1 is 1.05 bits per heavy atom. The second-order valence-electron chi connectivity index (χ2n) is 4.81. The minimum Gasteiger partial charge on any atom is -0.497 e. The molecule has 108 valence electrons. The van der Waals surface area contributed by atoms with Crippen molar-refractivity contribution in [1.29, 1.82) is 0 Å². The molecule has 2 aromatic carbocycles. The van der Waals surface area contributed by atoms with Gasteiger partial charge in [0.1, 0.15) is 17.3 Å². The molecule has 0 fully saturated rings. The lowest BCUT2D eigenvalue weighted by Crippen LogP contribution is -1.97. The van der Waals surface area contributed by atoms with Crippen molar-refractivity contribution >= 4 is 16.6 Å². The summed E-state index contributed by atoms with van der Waals surface area (Å²) in [6.45, 7) is 0. The maximum Gasteiger partial charge on any atom is 0.128 e. The Bertz CT molecular complexity index is 784. The molecule has 5 heteroatoms. The summed E-state index contributed by atoms with van der Waals surface area (Å²) < 4.78 is 12.5. The number of ether oxygens (including phenoxy) is 2. The van der Waals surface area contributed by atoms with Gasteiger partial charge in [0.05, 0.1) is 25.5 Å². The van der Waals surface area contributed by atoms with Crippen molar-refractivity contribution in [1.82, 2.24) is 9.78 Å². The van der Waals surface area contributed by atoms with Crippen LogP contribution < -0.4 is 15.2 Å². The predicted molar refractivity (Wildman–Crippen MR) is 83.7 cm³/mol. The van der Waals surface area contributed by atoms with Crippen LogP contribution in [0, 0.1) is 0 Å². The summed E-state index contributed by atoms with van der Waals surface area (Å²) in [4.78, 5) is 0. The average Bonchev–Trinajstić information content (AvgIpc) is 2.84. The molecule has 0 aliphatic carbocycles. The first-order valence-corrected chi connectivity index (χ1v) is 6.58. The third-order valence-corrected chi connectivity index (χ3v) is 3.58. The van der Waals surface area contributed by atoms with Gasteiger partial charge in [0.25, 0.3) is 0 Å². The van der Waals surface area contributed by atoms with Crippen LogP contribution in [0.3, 0.4) is 0 Å². The normalized spacial score (nSPS) is 10.8. The summed E-state index contributed by atoms with van der Waals surface area (Å²) >= 11 is 0. The topological polar surface area (TPSA) is 62.3 Å². The van der Waals surface area contributed by atoms with Gasteiger partial charge in [-0.25, -0.2) is 0 Å². The average molecular weight is 283 g/mol. The van der Waals surface area contributed by atoms with Gasteiger partial charge in [-0.15, -0.1) is 0 Å². The van der Waals surface area contributed by atoms with Crippen LogP contribution in [0.2, 0.25) is 0 Å². The van der Waals surface area contributed by atoms with Crippen LogP contribution in [0.4, 0.5) is 5.82 Å². The second kappa shape index (κ2) is 5.01. The lowest BCUT2D eigenvalue weighted by molar-refractivity contribution is 0.414. The number of hydrogen-bond donors (Lipinski definition) is 1. The first kappa shape index (κ1) is 13.3. The maximum absolute atomic E-state index is 5.90. The predicted octanol–water partition coefficient (Wildman–Crippen LogP) is 2.84. The van der Waals surface area contributed by atoms with Crippen LogP contribution in [0.5, 0.6) is 11.5 Å². The van der Waals surface area contributed by atoms with E-state index in [2.05, 4.69) is 5.10 Å². The molecule has 1 heterocycles. The van der Waals surface area contributed by atoms with Gasteiger partial charge in [-0.2, -0.15) is 5.10 Å². The fraction of sp³-hybridized carbons (Fsp3) is 0.188. The Morgan fingerprint density at radius 3 is 2.43 bits per heavy atom. The minimum atomic E-state index is 0.604. The smallest absolute Gasteiger partial charge is 0.128 e. The van der Waals surface area contributed by atoms with E-state index in [-0.39, 0.29) is 0 Å². The first-order chi connectivity index (χ1) is 10.1. The van der Waals surface area contributed by atoms with Crippen LogP contribution in [-0.2, 0) is 7.05 Å². The highest BCUT2D eigenvalue weighted by molar-refractivity contribution is 6.00. The van der Waals surface area contributed by atoms with E-state index in [1.807, 2.05) is 43.4 Å². The van der Waals surface area contributed by atoms with E-state index in [9.17, 15) is 0 Å². The molecule has 0 bridgehead atoms. The molecule has 0 aliphatic rings. The molecule has 5 nitrogen and oxygen atoms in total. The third kappa shape index (κ3) is 2.16. The van der Waals surface area contributed by atoms with E-state index >= 15 is 0 Å². The van der Waals surface area contributed by atoms with Crippen LogP contribution in [0.1, 0.15) is 0 Å². The van der Waals surface area contributed by atoms with Gasteiger partial charge >= 0.3 is 0 Å². The highest BCUT2D eigenvalue weighted by Gasteiger charge is 2.15. The SMILES string of the molecule is COc1ccc2ccc(OC)c(-c3cc(N)n(C)n3)c2c1. The van der Waals surface area contributed by atoms with Gasteiger partial charge < -0.3 is 15.2 Å². The molecular weight excluding hydrogens is 266 g/mol. The number of rotatable bonds is 3. The van der Waals surface area contributed by atoms with Crippen LogP contribution in [0.15, 0.2) is 36.4 Å². The molecule has 0 saturated heterocycles. The molecule has 21 heavy (non-hydrogen) atoms. The molecule has 0 aliphatic heterocycles. The van der Waals surface area contributed by atoms with Gasteiger partial charge in [-0.1, -0.05) is 12.1 Å². The van der Waals surface area contributed by atoms with Crippen molar-refractivity contribution in [3.63, 3.8) is 0 Å². The van der Waals surface area contributed by atoms with Crippen molar-refractivity contribution in [2.45, 2.75) is 0 Å². The lowest BCUT2D eigenvalue weighted by atomic mass is 10.0. The third-order valence-electron chi connectivity index (χ3n) is 3.58. The standard InChI is InChI=1S/C16H17N3O2/c1-19-15(17)9-13(18-19)16-12-8-11(20-2)6-4-10(12)5-7-14(16)21-3/h4-9H,17H2,1-3H3. The molecule has 0 atom stereocenters. The zero-order chi connectivity index (χ0) is 15.0. The number of aryl methyl sites for hydroxylation is 1. The number of hydrogen-bond acceptors (Lipinski definition) is 4. The van der Waals surface area contributed by atoms with Gasteiger partial charge in [0, 0.05) is 13.1 Å². The number of fused-ring (bicyclic) bond motifs is 1. The van der Waals surface area contributed by atoms with Crippen LogP contribution in [-0.4, -0.2) is 24.0 Å². The number of nitrogens with zero attached hydrogens (tertiary/aromatic N) is 2. The Morgan fingerprint density at radius 2 is 1.81 bits per heavy atom. The van der Waals surface area contributed by atoms with Gasteiger partial charge in [0.2, 0.25) is 0 Å². The zero-order valence-corrected chi connectivity index (χ0v) is 12.3. The van der Waals surface area contributed by atoms with Gasteiger partial charge in [0.15, 0.2) is 0 Å². The molecule has 0 radical (unpaired) electrons. The van der Waals surface area contributed by atoms with E-state index in [0.717, 1.165) is 33.5 Å². The number of nitrogen functional groups attached to an aromatic ring is 1. The quantitative estimate of drug-likeness (QED) is 0.803. The Hall–Kier alpha value is -2.69. The summed E-state index contributed by atoms with van der Waals surface area (Å²) in [5.41, 5.74) is 7.61. The number of nitrogens with two attached hydrogens (primary N) is 1. The summed E-state index contributed by atoms with van der Waals surface area (Å²) in [5, 5.41) is 6.58. The van der Waals surface area contributed by atoms with Crippen molar-refractivity contribution in [2.75, 3.05) is 20.0 Å². The van der Waals surface area contributed by atoms with E-state index in [4.69, 9.17) is 15.2 Å². The number of anilines is 1. The van der Waals surface area contributed by atoms with E-state index in [0.29, 0.717) is 5.82 Å². The Labute approximate surface area is 122 Å². The fourth-order valence-electron chi connectivity index (χ4n) is 2.44. The lowest BCUT2D eigenvalue weighted by Gasteiger charge is -2.11. The molecule has 3 rings (SSSR count). The molecular formula is C16H17N3O2. The van der Waals surface area contributed by atoms with Gasteiger partial charge in [-0.3, -0.25) is 4.68 Å². The molecule has 0 amide bonds. The van der Waals surface area contributed by atoms with E-state index in [1.165, 1.54) is 0 Å².